The number of carbonyl (C=O) groups is 5. The molecular weight excluding hydrogens is 1300 g/mol. The molecule has 0 aromatic heterocycles. The summed E-state index contributed by atoms with van der Waals surface area (Å²) in [7, 11) is -1.95. The average Bonchev–Trinajstić information content (AvgIpc) is 0.761. The molecule has 0 saturated carbocycles. The van der Waals surface area contributed by atoms with E-state index in [0.717, 1.165) is 41.9 Å². The summed E-state index contributed by atoms with van der Waals surface area (Å²) < 4.78 is 10.1. The number of hydrogen-bond donors (Lipinski definition) is 0. The number of carbonyl (C=O) groups excluding carboxylic acids is 9. The quantitative estimate of drug-likeness (QED) is 0.0134. The zero-order valence-electron chi connectivity index (χ0n) is 58.3. The number of rotatable bonds is 27. The summed E-state index contributed by atoms with van der Waals surface area (Å²) in [4.78, 5) is 86.9. The molecule has 0 N–H and O–H groups in total. The van der Waals surface area contributed by atoms with Gasteiger partial charge in [0.25, 0.3) is 0 Å². The van der Waals surface area contributed by atoms with E-state index in [1.165, 1.54) is 40.1 Å². The van der Waals surface area contributed by atoms with Gasteiger partial charge in [-0.1, -0.05) is 217 Å². The number of ether oxygens (including phenoxy) is 2. The first kappa shape index (κ1) is 98.5. The fourth-order valence-electron chi connectivity index (χ4n) is 6.81. The molecule has 12 nitrogen and oxygen atoms in total. The largest absolute Gasteiger partial charge is 1.00 e. The predicted molar refractivity (Wildman–Crippen MR) is 386 cm³/mol. The summed E-state index contributed by atoms with van der Waals surface area (Å²) in [5.74, 6) is -1.66. The Labute approximate surface area is 621 Å². The van der Waals surface area contributed by atoms with Crippen molar-refractivity contribution in [3.05, 3.63) is 305 Å². The smallest absolute Gasteiger partial charge is 0.545 e. The van der Waals surface area contributed by atoms with Crippen molar-refractivity contribution in [1.82, 2.24) is 0 Å². The van der Waals surface area contributed by atoms with Crippen LogP contribution in [0.5, 0.6) is 0 Å². The van der Waals surface area contributed by atoms with Crippen molar-refractivity contribution in [3.63, 3.8) is 0 Å². The van der Waals surface area contributed by atoms with E-state index in [2.05, 4.69) is 130 Å². The maximum atomic E-state index is 12.2. The van der Waals surface area contributed by atoms with Crippen LogP contribution in [-0.4, -0.2) is 62.2 Å². The van der Waals surface area contributed by atoms with Crippen LogP contribution in [0.1, 0.15) is 103 Å². The van der Waals surface area contributed by atoms with Crippen LogP contribution in [0, 0.1) is 6.08 Å². The summed E-state index contributed by atoms with van der Waals surface area (Å²) in [5, 5.41) is 14.4. The molecule has 0 saturated heterocycles. The maximum Gasteiger partial charge on any atom is 1.00 e. The van der Waals surface area contributed by atoms with E-state index in [9.17, 15) is 29.1 Å². The number of benzene rings is 3. The van der Waals surface area contributed by atoms with Crippen molar-refractivity contribution >= 4 is 82.9 Å². The zero-order chi connectivity index (χ0) is 69.8. The van der Waals surface area contributed by atoms with Gasteiger partial charge in [-0.3, -0.25) is 15.7 Å². The average molecular weight is 1390 g/mol. The molecule has 0 radical (unpaired) electrons. The van der Waals surface area contributed by atoms with Gasteiger partial charge in [0.2, 0.25) is 0 Å². The second kappa shape index (κ2) is 66.4. The summed E-state index contributed by atoms with van der Waals surface area (Å²) in [5.41, 5.74) is 8.62. The van der Waals surface area contributed by atoms with Gasteiger partial charge in [0.05, 0.1) is 25.3 Å². The first-order valence-corrected chi connectivity index (χ1v) is 31.5. The van der Waals surface area contributed by atoms with Crippen molar-refractivity contribution in [1.29, 1.82) is 0 Å². The van der Waals surface area contributed by atoms with E-state index in [4.69, 9.17) is 28.7 Å². The first-order chi connectivity index (χ1) is 44.1. The minimum Gasteiger partial charge on any atom is -0.545 e. The second-order valence-electron chi connectivity index (χ2n) is 19.6. The molecule has 95 heavy (non-hydrogen) atoms. The van der Waals surface area contributed by atoms with Crippen molar-refractivity contribution < 1.29 is 117 Å². The Morgan fingerprint density at radius 2 is 0.737 bits per heavy atom. The van der Waals surface area contributed by atoms with Crippen molar-refractivity contribution in [2.45, 2.75) is 103 Å². The molecule has 0 aliphatic heterocycles. The third-order valence-corrected chi connectivity index (χ3v) is 16.2. The van der Waals surface area contributed by atoms with E-state index in [1.807, 2.05) is 139 Å². The normalized spacial score (nSPS) is 12.7. The molecule has 0 unspecified atom stereocenters. The van der Waals surface area contributed by atoms with Crippen molar-refractivity contribution in [3.8, 4) is 0 Å². The summed E-state index contributed by atoms with van der Waals surface area (Å²) in [6.07, 6.45) is 54.4. The van der Waals surface area contributed by atoms with Crippen molar-refractivity contribution in [2.75, 3.05) is 19.4 Å². The number of hydrogen-bond acceptors (Lipinski definition) is 12. The molecule has 16 heteroatoms. The number of aldehydes is 2. The van der Waals surface area contributed by atoms with Gasteiger partial charge in [0.15, 0.2) is 0 Å². The van der Waals surface area contributed by atoms with Gasteiger partial charge in [-0.25, -0.2) is 21.7 Å². The molecule has 0 aliphatic carbocycles. The number of halogens is 1. The maximum absolute atomic E-state index is 12.2. The first-order valence-electron chi connectivity index (χ1n) is 29.5. The molecule has 3 aromatic carbocycles. The van der Waals surface area contributed by atoms with Gasteiger partial charge < -0.3 is 19.4 Å². The van der Waals surface area contributed by atoms with Crippen LogP contribution in [0.2, 0.25) is 0 Å². The van der Waals surface area contributed by atoms with Gasteiger partial charge in [0, 0.05) is 11.1 Å². The van der Waals surface area contributed by atoms with Crippen LogP contribution in [0.3, 0.4) is 0 Å². The summed E-state index contributed by atoms with van der Waals surface area (Å²) in [6.45, 7) is 27.2. The Balaban J connectivity index is -0.000000275. The van der Waals surface area contributed by atoms with Gasteiger partial charge in [-0.05, 0) is 149 Å². The SMILES string of the molecule is Br.CCOC(=O)/C(C)=C/C=C/C(C)=C/C=C/C=C(C)/C=C/C=C(\C)CC.CCOC(=O)/C(C)=C/C[P+](c1ccccc1)(c1ccccc1)c1ccccc1.C[C-]=C/C=C/C(C)=C/C=C/C=C(C)/C=C/C=C(\C)C(=O)[O-].C\C(C=O)=C/C=C/C=C(\C)C=O.O=C=O.O=C=O.[Na+].[Na+]. The minimum absolute atomic E-state index is 0. The zero-order valence-corrected chi connectivity index (χ0v) is 64.9. The Bertz CT molecular complexity index is 3230. The van der Waals surface area contributed by atoms with E-state index in [1.54, 1.807) is 64.2 Å². The summed E-state index contributed by atoms with van der Waals surface area (Å²) in [6, 6.07) is 32.0. The fraction of sp³-hybridized carbons (Fsp3) is 0.228. The van der Waals surface area contributed by atoms with Gasteiger partial charge in [-0.2, -0.15) is 19.2 Å². The Morgan fingerprint density at radius 1 is 0.442 bits per heavy atom. The van der Waals surface area contributed by atoms with Crippen LogP contribution >= 0.6 is 24.2 Å². The molecule has 0 fully saturated rings. The molecule has 0 bridgehead atoms. The third-order valence-electron chi connectivity index (χ3n) is 12.0. The molecule has 0 aliphatic rings. The number of carboxylic acid groups (broad SMARTS) is 1. The van der Waals surface area contributed by atoms with E-state index in [-0.39, 0.29) is 106 Å². The van der Waals surface area contributed by atoms with E-state index < -0.39 is 13.2 Å². The number of allylic oxidation sites excluding steroid dienone is 33. The molecule has 3 aromatic rings. The van der Waals surface area contributed by atoms with Gasteiger partial charge in [0.1, 0.15) is 35.7 Å². The van der Waals surface area contributed by atoms with Crippen LogP contribution in [0.25, 0.3) is 0 Å². The molecule has 0 heterocycles. The molecule has 494 valence electrons. The van der Waals surface area contributed by atoms with Gasteiger partial charge >= 0.3 is 83.4 Å². The summed E-state index contributed by atoms with van der Waals surface area (Å²) >= 11 is 0. The number of carboxylic acids is 1. The Hall–Kier alpha value is -7.60. The Kier molecular flexibility index (Phi) is 68.8. The van der Waals surface area contributed by atoms with E-state index in [0.29, 0.717) is 35.5 Å². The third kappa shape index (κ3) is 52.4. The van der Waals surface area contributed by atoms with Crippen LogP contribution < -0.4 is 80.1 Å². The van der Waals surface area contributed by atoms with E-state index >= 15 is 0 Å². The van der Waals surface area contributed by atoms with Crippen LogP contribution in [-0.2, 0) is 52.6 Å². The molecule has 0 atom stereocenters. The number of esters is 2. The van der Waals surface area contributed by atoms with Crippen molar-refractivity contribution in [2.24, 2.45) is 0 Å². The minimum atomic E-state index is -1.95. The number of aliphatic carboxylic acids is 1. The molecule has 3 rings (SSSR count). The molecular formula is C79H93BrNa2O12P+. The van der Waals surface area contributed by atoms with Crippen LogP contribution in [0.4, 0.5) is 0 Å². The monoisotopic (exact) mass is 1390 g/mol. The standard InChI is InChI=1S/C25H26O2P.C23H32O2.C19H23O2.C10H12O2.2CO2.BrH.2Na/c1-3-27-25(26)21(2)19-20-28(22-13-7-4-8-14-22,23-15-9-5-10-16-23)24-17-11-6-12-18-24;1-7-19(3)15-11-16-20(4)13-9-10-14-21(5)17-12-18-22(6)23(24)25-8-2;1-5-6-7-11-16(2)12-8-9-13-17(3)14-10-15-18(4)19(20)21;1-9(7-11)5-3-4-6-10(2)8-12;2*2-1-3;;;/h4-19H,3,20H2,1-2H3;9-18H,7-8H2,1-6H3;6-15H,1-4H3,(H,20,21);3-8H,1-2H3;;;1H;;/q+1;;-1;;;;;2*+1/p-1/b21-19+;10-9+,16-11+,17-12+,19-15+,20-13+,21-14+,22-18+;9-8+,11-7+,14-10+,16-12+,17-13+,18-15+;4-3+,9-5+,10-6+;;;;;. The van der Waals surface area contributed by atoms with Gasteiger partial charge in [-0.15, -0.1) is 30.0 Å². The fourth-order valence-corrected chi connectivity index (χ4v) is 10.9. The predicted octanol–water partition coefficient (Wildman–Crippen LogP) is 9.78. The van der Waals surface area contributed by atoms with Crippen LogP contribution in [0.15, 0.2) is 299 Å². The molecule has 0 spiro atoms. The molecule has 0 amide bonds. The Morgan fingerprint density at radius 3 is 1.03 bits per heavy atom. The second-order valence-corrected chi connectivity index (χ2v) is 23.1. The topological polar surface area (TPSA) is 195 Å².